The van der Waals surface area contributed by atoms with Crippen LogP contribution in [0.5, 0.6) is 0 Å². The molecule has 1 saturated heterocycles. The van der Waals surface area contributed by atoms with Gasteiger partial charge in [-0.25, -0.2) is 0 Å². The number of rotatable bonds is 6. The maximum atomic E-state index is 12.8. The molecule has 0 unspecified atom stereocenters. The van der Waals surface area contributed by atoms with Gasteiger partial charge in [-0.1, -0.05) is 36.4 Å². The molecule has 0 bridgehead atoms. The largest absolute Gasteiger partial charge is 0.378 e. The van der Waals surface area contributed by atoms with Gasteiger partial charge in [-0.15, -0.1) is 11.0 Å². The number of carbonyl (C=O) groups is 1. The third-order valence-electron chi connectivity index (χ3n) is 4.15. The Hall–Kier alpha value is -2.84. The standard InChI is InChI=1S/C21H21N3O3S2/c1-4-14-24-20(25)19(15-16-10-12-17(13-11-16)23(2)3)28-21(24)22-29(26,27)18-8-6-5-7-9-18/h4-13,15H,1,14H2,2-3H3/b19-15-,22-21?. The summed E-state index contributed by atoms with van der Waals surface area (Å²) in [4.78, 5) is 16.6. The monoisotopic (exact) mass is 427 g/mol. The molecular formula is C21H21N3O3S2. The fraction of sp³-hybridized carbons (Fsp3) is 0.143. The van der Waals surface area contributed by atoms with E-state index in [2.05, 4.69) is 11.0 Å². The highest BCUT2D eigenvalue weighted by molar-refractivity contribution is 8.19. The third-order valence-corrected chi connectivity index (χ3v) is 6.55. The molecule has 1 aliphatic heterocycles. The Morgan fingerprint density at radius 3 is 2.34 bits per heavy atom. The highest BCUT2D eigenvalue weighted by atomic mass is 32.2. The van der Waals surface area contributed by atoms with Gasteiger partial charge in [0, 0.05) is 26.3 Å². The lowest BCUT2D eigenvalue weighted by atomic mass is 10.2. The number of hydrogen-bond acceptors (Lipinski definition) is 5. The fourth-order valence-corrected chi connectivity index (χ4v) is 4.85. The van der Waals surface area contributed by atoms with Gasteiger partial charge in [0.25, 0.3) is 15.9 Å². The number of nitrogens with zero attached hydrogens (tertiary/aromatic N) is 3. The van der Waals surface area contributed by atoms with Crippen molar-refractivity contribution >= 4 is 44.6 Å². The molecule has 2 aromatic carbocycles. The average molecular weight is 428 g/mol. The number of amidine groups is 1. The van der Waals surface area contributed by atoms with E-state index in [1.165, 1.54) is 23.1 Å². The van der Waals surface area contributed by atoms with Crippen molar-refractivity contribution < 1.29 is 13.2 Å². The molecule has 0 N–H and O–H groups in total. The lowest BCUT2D eigenvalue weighted by Gasteiger charge is -2.12. The van der Waals surface area contributed by atoms with Crippen molar-refractivity contribution in [3.63, 3.8) is 0 Å². The minimum atomic E-state index is -3.92. The van der Waals surface area contributed by atoms with Gasteiger partial charge >= 0.3 is 0 Å². The number of thioether (sulfide) groups is 1. The summed E-state index contributed by atoms with van der Waals surface area (Å²) in [5, 5.41) is 0.120. The number of amides is 1. The Labute approximate surface area is 175 Å². The van der Waals surface area contributed by atoms with Crippen molar-refractivity contribution in [1.29, 1.82) is 0 Å². The molecule has 6 nitrogen and oxygen atoms in total. The maximum absolute atomic E-state index is 12.8. The van der Waals surface area contributed by atoms with Gasteiger partial charge in [0.2, 0.25) is 0 Å². The van der Waals surface area contributed by atoms with E-state index in [1.807, 2.05) is 43.3 Å². The molecule has 0 aliphatic carbocycles. The smallest absolute Gasteiger partial charge is 0.284 e. The topological polar surface area (TPSA) is 70.1 Å². The van der Waals surface area contributed by atoms with Crippen LogP contribution in [0, 0.1) is 0 Å². The molecule has 1 amide bonds. The van der Waals surface area contributed by atoms with Crippen LogP contribution in [0.3, 0.4) is 0 Å². The molecule has 1 heterocycles. The summed E-state index contributed by atoms with van der Waals surface area (Å²) < 4.78 is 29.2. The first kappa shape index (κ1) is 20.9. The molecule has 2 aromatic rings. The molecule has 0 aromatic heterocycles. The van der Waals surface area contributed by atoms with E-state index < -0.39 is 10.0 Å². The third kappa shape index (κ3) is 4.78. The van der Waals surface area contributed by atoms with E-state index in [1.54, 1.807) is 24.3 Å². The zero-order valence-corrected chi connectivity index (χ0v) is 17.8. The molecule has 0 saturated carbocycles. The van der Waals surface area contributed by atoms with Crippen LogP contribution in [0.15, 0.2) is 81.5 Å². The molecule has 3 rings (SSSR count). The van der Waals surface area contributed by atoms with Gasteiger partial charge in [0.05, 0.1) is 9.80 Å². The molecule has 8 heteroatoms. The maximum Gasteiger partial charge on any atom is 0.284 e. The van der Waals surface area contributed by atoms with Crippen molar-refractivity contribution in [2.45, 2.75) is 4.90 Å². The van der Waals surface area contributed by atoms with Crippen molar-refractivity contribution in [2.24, 2.45) is 4.40 Å². The lowest BCUT2D eigenvalue weighted by Crippen LogP contribution is -2.29. The summed E-state index contributed by atoms with van der Waals surface area (Å²) in [7, 11) is -0.0210. The Morgan fingerprint density at radius 1 is 1.10 bits per heavy atom. The number of benzene rings is 2. The zero-order valence-electron chi connectivity index (χ0n) is 16.1. The van der Waals surface area contributed by atoms with Crippen LogP contribution in [-0.4, -0.2) is 45.0 Å². The highest BCUT2D eigenvalue weighted by Gasteiger charge is 2.34. The van der Waals surface area contributed by atoms with Crippen LogP contribution < -0.4 is 4.90 Å². The van der Waals surface area contributed by atoms with Crippen LogP contribution in [0.2, 0.25) is 0 Å². The number of carbonyl (C=O) groups excluding carboxylic acids is 1. The van der Waals surface area contributed by atoms with E-state index in [0.29, 0.717) is 4.91 Å². The fourth-order valence-electron chi connectivity index (χ4n) is 2.63. The summed E-state index contributed by atoms with van der Waals surface area (Å²) in [5.41, 5.74) is 1.89. The van der Waals surface area contributed by atoms with E-state index in [0.717, 1.165) is 23.0 Å². The molecule has 0 atom stereocenters. The minimum Gasteiger partial charge on any atom is -0.378 e. The van der Waals surface area contributed by atoms with E-state index >= 15 is 0 Å². The quantitative estimate of drug-likeness (QED) is 0.520. The minimum absolute atomic E-state index is 0.0794. The summed E-state index contributed by atoms with van der Waals surface area (Å²) in [6.45, 7) is 3.82. The van der Waals surface area contributed by atoms with Crippen LogP contribution in [0.25, 0.3) is 6.08 Å². The van der Waals surface area contributed by atoms with Gasteiger partial charge in [-0.2, -0.15) is 8.42 Å². The Morgan fingerprint density at radius 2 is 1.76 bits per heavy atom. The average Bonchev–Trinajstić information content (AvgIpc) is 2.97. The second kappa shape index (κ2) is 8.67. The summed E-state index contributed by atoms with van der Waals surface area (Å²) in [6, 6.07) is 15.7. The lowest BCUT2D eigenvalue weighted by molar-refractivity contribution is -0.121. The van der Waals surface area contributed by atoms with E-state index in [-0.39, 0.29) is 22.5 Å². The number of sulfonamides is 1. The molecule has 1 aliphatic rings. The number of hydrogen-bond donors (Lipinski definition) is 0. The van der Waals surface area contributed by atoms with Gasteiger partial charge in [0.1, 0.15) is 0 Å². The molecule has 150 valence electrons. The Bertz CT molecular complexity index is 1070. The highest BCUT2D eigenvalue weighted by Crippen LogP contribution is 2.33. The first-order valence-corrected chi connectivity index (χ1v) is 11.1. The van der Waals surface area contributed by atoms with Gasteiger partial charge < -0.3 is 4.90 Å². The van der Waals surface area contributed by atoms with Crippen LogP contribution in [0.1, 0.15) is 5.56 Å². The first-order valence-electron chi connectivity index (χ1n) is 8.81. The van der Waals surface area contributed by atoms with E-state index in [4.69, 9.17) is 0 Å². The summed E-state index contributed by atoms with van der Waals surface area (Å²) >= 11 is 1.04. The van der Waals surface area contributed by atoms with Crippen LogP contribution in [-0.2, 0) is 14.8 Å². The predicted molar refractivity (Wildman–Crippen MR) is 119 cm³/mol. The molecule has 29 heavy (non-hydrogen) atoms. The van der Waals surface area contributed by atoms with Crippen LogP contribution in [0.4, 0.5) is 5.69 Å². The van der Waals surface area contributed by atoms with E-state index in [9.17, 15) is 13.2 Å². The summed E-state index contributed by atoms with van der Waals surface area (Å²) in [5.74, 6) is -0.298. The Kier molecular flexibility index (Phi) is 6.24. The van der Waals surface area contributed by atoms with Crippen molar-refractivity contribution in [2.75, 3.05) is 25.5 Å². The van der Waals surface area contributed by atoms with Gasteiger partial charge in [-0.3, -0.25) is 9.69 Å². The summed E-state index contributed by atoms with van der Waals surface area (Å²) in [6.07, 6.45) is 3.28. The molecular weight excluding hydrogens is 406 g/mol. The zero-order chi connectivity index (χ0) is 21.0. The molecule has 1 fully saturated rings. The van der Waals surface area contributed by atoms with Crippen LogP contribution >= 0.6 is 11.8 Å². The molecule has 0 spiro atoms. The van der Waals surface area contributed by atoms with Crippen molar-refractivity contribution in [3.05, 3.63) is 77.7 Å². The van der Waals surface area contributed by atoms with Crippen molar-refractivity contribution in [1.82, 2.24) is 4.90 Å². The first-order chi connectivity index (χ1) is 13.8. The number of anilines is 1. The Balaban J connectivity index is 1.95. The second-order valence-corrected chi connectivity index (χ2v) is 9.08. The molecule has 0 radical (unpaired) electrons. The SMILES string of the molecule is C=CCN1C(=O)/C(=C/c2ccc(N(C)C)cc2)SC1=NS(=O)(=O)c1ccccc1. The van der Waals surface area contributed by atoms with Gasteiger partial charge in [-0.05, 0) is 47.7 Å². The predicted octanol–water partition coefficient (Wildman–Crippen LogP) is 3.60. The second-order valence-electron chi connectivity index (χ2n) is 6.46. The van der Waals surface area contributed by atoms with Gasteiger partial charge in [0.15, 0.2) is 5.17 Å². The normalized spacial score (nSPS) is 17.2. The van der Waals surface area contributed by atoms with Crippen molar-refractivity contribution in [3.8, 4) is 0 Å².